The van der Waals surface area contributed by atoms with E-state index in [0.717, 1.165) is 26.1 Å². The van der Waals surface area contributed by atoms with E-state index >= 15 is 0 Å². The molecule has 1 aromatic carbocycles. The number of hydrogen-bond acceptors (Lipinski definition) is 4. The smallest absolute Gasteiger partial charge is 0.321 e. The number of para-hydroxylation sites is 1. The fraction of sp³-hybridized carbons (Fsp3) is 0.333. The largest absolute Gasteiger partial charge is 0.341 e. The number of hydrogen-bond donors (Lipinski definition) is 2. The Morgan fingerprint density at radius 2 is 2.00 bits per heavy atom. The molecule has 2 aromatic rings. The second-order valence-electron chi connectivity index (χ2n) is 6.61. The summed E-state index contributed by atoms with van der Waals surface area (Å²) in [7, 11) is 0. The third kappa shape index (κ3) is 5.35. The standard InChI is InChI=1S/C21H24N4O2S/c1-2-9-22-20(26)18-6-3-4-7-19(18)23-21(27)25-11-5-10-24(12-13-25)15-17-8-14-28-16-17/h1,3-4,6-8,14,16H,5,9-13,15H2,(H,22,26)(H,23,27). The molecule has 3 rings (SSSR count). The highest BCUT2D eigenvalue weighted by Crippen LogP contribution is 2.17. The number of nitrogens with one attached hydrogen (secondary N) is 2. The molecule has 0 saturated carbocycles. The monoisotopic (exact) mass is 396 g/mol. The van der Waals surface area contributed by atoms with E-state index in [1.807, 2.05) is 4.90 Å². The molecule has 0 atom stereocenters. The van der Waals surface area contributed by atoms with Crippen molar-refractivity contribution in [2.24, 2.45) is 0 Å². The predicted octanol–water partition coefficient (Wildman–Crippen LogP) is 2.85. The van der Waals surface area contributed by atoms with Crippen molar-refractivity contribution >= 4 is 29.0 Å². The number of carbonyl (C=O) groups is 2. The van der Waals surface area contributed by atoms with Gasteiger partial charge in [-0.2, -0.15) is 11.3 Å². The molecule has 2 N–H and O–H groups in total. The summed E-state index contributed by atoms with van der Waals surface area (Å²) in [6, 6.07) is 8.90. The summed E-state index contributed by atoms with van der Waals surface area (Å²) in [5.74, 6) is 2.08. The number of rotatable bonds is 5. The normalized spacial score (nSPS) is 14.8. The van der Waals surface area contributed by atoms with E-state index in [0.29, 0.717) is 24.3 Å². The van der Waals surface area contributed by atoms with Crippen LogP contribution in [0.2, 0.25) is 0 Å². The second-order valence-corrected chi connectivity index (χ2v) is 7.39. The first-order valence-electron chi connectivity index (χ1n) is 9.27. The van der Waals surface area contributed by atoms with E-state index in [1.165, 1.54) is 5.56 Å². The molecule has 3 amide bonds. The van der Waals surface area contributed by atoms with E-state index < -0.39 is 0 Å². The summed E-state index contributed by atoms with van der Waals surface area (Å²) in [5, 5.41) is 9.77. The van der Waals surface area contributed by atoms with Crippen molar-refractivity contribution in [2.75, 3.05) is 38.0 Å². The van der Waals surface area contributed by atoms with Gasteiger partial charge in [-0.1, -0.05) is 18.1 Å². The maximum atomic E-state index is 12.8. The lowest BCUT2D eigenvalue weighted by Gasteiger charge is -2.22. The summed E-state index contributed by atoms with van der Waals surface area (Å²) in [6.07, 6.45) is 6.11. The van der Waals surface area contributed by atoms with Gasteiger partial charge in [-0.05, 0) is 40.9 Å². The van der Waals surface area contributed by atoms with Gasteiger partial charge in [0.15, 0.2) is 0 Å². The van der Waals surface area contributed by atoms with E-state index in [2.05, 4.69) is 38.3 Å². The zero-order chi connectivity index (χ0) is 19.8. The summed E-state index contributed by atoms with van der Waals surface area (Å²) in [4.78, 5) is 29.2. The van der Waals surface area contributed by atoms with Crippen molar-refractivity contribution < 1.29 is 9.59 Å². The van der Waals surface area contributed by atoms with Crippen LogP contribution in [-0.2, 0) is 6.54 Å². The Bertz CT molecular complexity index is 844. The van der Waals surface area contributed by atoms with Crippen LogP contribution in [0.3, 0.4) is 0 Å². The summed E-state index contributed by atoms with van der Waals surface area (Å²) in [5.41, 5.74) is 2.20. The molecular formula is C21H24N4O2S. The Hall–Kier alpha value is -2.82. The van der Waals surface area contributed by atoms with Gasteiger partial charge in [-0.3, -0.25) is 9.69 Å². The van der Waals surface area contributed by atoms with Crippen molar-refractivity contribution in [3.05, 3.63) is 52.2 Å². The van der Waals surface area contributed by atoms with Gasteiger partial charge in [0, 0.05) is 32.7 Å². The molecule has 0 unspecified atom stereocenters. The van der Waals surface area contributed by atoms with Crippen LogP contribution in [0, 0.1) is 12.3 Å². The summed E-state index contributed by atoms with van der Waals surface area (Å²) >= 11 is 1.70. The molecular weight excluding hydrogens is 372 g/mol. The Labute approximate surface area is 169 Å². The number of benzene rings is 1. The number of amides is 3. The molecule has 0 aliphatic carbocycles. The molecule has 28 heavy (non-hydrogen) atoms. The highest BCUT2D eigenvalue weighted by molar-refractivity contribution is 7.07. The molecule has 1 aliphatic rings. The minimum absolute atomic E-state index is 0.146. The number of anilines is 1. The molecule has 0 bridgehead atoms. The third-order valence-electron chi connectivity index (χ3n) is 4.63. The first kappa shape index (κ1) is 19.9. The molecule has 0 spiro atoms. The Morgan fingerprint density at radius 3 is 2.79 bits per heavy atom. The van der Waals surface area contributed by atoms with Gasteiger partial charge in [0.25, 0.3) is 5.91 Å². The minimum Gasteiger partial charge on any atom is -0.341 e. The van der Waals surface area contributed by atoms with Gasteiger partial charge in [-0.15, -0.1) is 6.42 Å². The van der Waals surface area contributed by atoms with Crippen molar-refractivity contribution in [1.82, 2.24) is 15.1 Å². The number of terminal acetylenes is 1. The zero-order valence-electron chi connectivity index (χ0n) is 15.7. The van der Waals surface area contributed by atoms with Crippen LogP contribution < -0.4 is 10.6 Å². The maximum Gasteiger partial charge on any atom is 0.321 e. The highest BCUT2D eigenvalue weighted by atomic mass is 32.1. The molecule has 7 heteroatoms. The van der Waals surface area contributed by atoms with Gasteiger partial charge in [0.05, 0.1) is 17.8 Å². The molecule has 1 aliphatic heterocycles. The first-order chi connectivity index (χ1) is 13.7. The molecule has 146 valence electrons. The average Bonchev–Trinajstić information content (AvgIpc) is 3.10. The van der Waals surface area contributed by atoms with Crippen LogP contribution in [0.25, 0.3) is 0 Å². The molecule has 1 aromatic heterocycles. The van der Waals surface area contributed by atoms with Crippen molar-refractivity contribution in [3.63, 3.8) is 0 Å². The Kier molecular flexibility index (Phi) is 7.06. The van der Waals surface area contributed by atoms with Crippen LogP contribution in [-0.4, -0.2) is 54.5 Å². The first-order valence-corrected chi connectivity index (χ1v) is 10.2. The number of thiophene rings is 1. The fourth-order valence-corrected chi connectivity index (χ4v) is 3.84. The minimum atomic E-state index is -0.299. The predicted molar refractivity (Wildman–Crippen MR) is 112 cm³/mol. The van der Waals surface area contributed by atoms with Crippen LogP contribution in [0.5, 0.6) is 0 Å². The summed E-state index contributed by atoms with van der Waals surface area (Å²) in [6.45, 7) is 4.20. The second kappa shape index (κ2) is 9.93. The lowest BCUT2D eigenvalue weighted by Crippen LogP contribution is -2.38. The molecule has 1 saturated heterocycles. The fourth-order valence-electron chi connectivity index (χ4n) is 3.18. The lowest BCUT2D eigenvalue weighted by molar-refractivity contribution is 0.0959. The van der Waals surface area contributed by atoms with E-state index in [-0.39, 0.29) is 18.5 Å². The Balaban J connectivity index is 1.59. The van der Waals surface area contributed by atoms with Crippen LogP contribution in [0.4, 0.5) is 10.5 Å². The number of urea groups is 1. The zero-order valence-corrected chi connectivity index (χ0v) is 16.5. The van der Waals surface area contributed by atoms with Gasteiger partial charge in [-0.25, -0.2) is 4.79 Å². The van der Waals surface area contributed by atoms with Crippen molar-refractivity contribution in [1.29, 1.82) is 0 Å². The van der Waals surface area contributed by atoms with Gasteiger partial charge >= 0.3 is 6.03 Å². The molecule has 0 radical (unpaired) electrons. The number of carbonyl (C=O) groups excluding carboxylic acids is 2. The lowest BCUT2D eigenvalue weighted by atomic mass is 10.1. The number of nitrogens with zero attached hydrogens (tertiary/aromatic N) is 2. The molecule has 1 fully saturated rings. The van der Waals surface area contributed by atoms with Crippen molar-refractivity contribution in [2.45, 2.75) is 13.0 Å². The third-order valence-corrected chi connectivity index (χ3v) is 5.36. The molecule has 2 heterocycles. The van der Waals surface area contributed by atoms with Crippen molar-refractivity contribution in [3.8, 4) is 12.3 Å². The summed E-state index contributed by atoms with van der Waals surface area (Å²) < 4.78 is 0. The van der Waals surface area contributed by atoms with E-state index in [4.69, 9.17) is 6.42 Å². The Morgan fingerprint density at radius 1 is 1.14 bits per heavy atom. The van der Waals surface area contributed by atoms with Crippen LogP contribution in [0.15, 0.2) is 41.1 Å². The van der Waals surface area contributed by atoms with Gasteiger partial charge in [0.2, 0.25) is 0 Å². The van der Waals surface area contributed by atoms with Crippen LogP contribution in [0.1, 0.15) is 22.3 Å². The van der Waals surface area contributed by atoms with Gasteiger partial charge < -0.3 is 15.5 Å². The quantitative estimate of drug-likeness (QED) is 0.764. The SMILES string of the molecule is C#CCNC(=O)c1ccccc1NC(=O)N1CCCN(Cc2ccsc2)CC1. The highest BCUT2D eigenvalue weighted by Gasteiger charge is 2.21. The topological polar surface area (TPSA) is 64.7 Å². The molecule has 6 nitrogen and oxygen atoms in total. The average molecular weight is 397 g/mol. The van der Waals surface area contributed by atoms with Gasteiger partial charge in [0.1, 0.15) is 0 Å². The van der Waals surface area contributed by atoms with E-state index in [1.54, 1.807) is 35.6 Å². The van der Waals surface area contributed by atoms with E-state index in [9.17, 15) is 9.59 Å². The van der Waals surface area contributed by atoms with Crippen LogP contribution >= 0.6 is 11.3 Å². The maximum absolute atomic E-state index is 12.8.